The van der Waals surface area contributed by atoms with Crippen molar-refractivity contribution in [1.29, 1.82) is 0 Å². The molecule has 0 N–H and O–H groups in total. The number of pyridine rings is 1. The number of carbonyl (C=O) groups excluding carboxylic acids is 2. The van der Waals surface area contributed by atoms with Crippen molar-refractivity contribution in [1.82, 2.24) is 14.4 Å². The molecule has 6 nitrogen and oxygen atoms in total. The first-order valence-corrected chi connectivity index (χ1v) is 9.92. The summed E-state index contributed by atoms with van der Waals surface area (Å²) < 4.78 is 1.58. The van der Waals surface area contributed by atoms with E-state index in [1.165, 1.54) is 6.07 Å². The Kier molecular flexibility index (Phi) is 5.03. The lowest BCUT2D eigenvalue weighted by atomic mass is 9.94. The normalized spacial score (nSPS) is 21.5. The van der Waals surface area contributed by atoms with Gasteiger partial charge in [0.15, 0.2) is 0 Å². The van der Waals surface area contributed by atoms with Crippen LogP contribution in [0.3, 0.4) is 0 Å². The van der Waals surface area contributed by atoms with Crippen molar-refractivity contribution >= 4 is 11.8 Å². The fourth-order valence-corrected chi connectivity index (χ4v) is 4.33. The van der Waals surface area contributed by atoms with Crippen LogP contribution < -0.4 is 5.56 Å². The molecule has 2 aromatic rings. The van der Waals surface area contributed by atoms with Gasteiger partial charge in [-0.25, -0.2) is 0 Å². The molecule has 1 aromatic carbocycles. The highest BCUT2D eigenvalue weighted by atomic mass is 16.2. The number of fused-ring (bicyclic) bond motifs is 4. The summed E-state index contributed by atoms with van der Waals surface area (Å²) >= 11 is 0. The fraction of sp³-hybridized carbons (Fsp3) is 0.409. The molecule has 3 fully saturated rings. The number of carbonyl (C=O) groups is 2. The zero-order valence-electron chi connectivity index (χ0n) is 16.1. The Morgan fingerprint density at radius 1 is 0.964 bits per heavy atom. The Hall–Kier alpha value is -2.89. The number of benzene rings is 1. The van der Waals surface area contributed by atoms with Crippen LogP contribution in [0.2, 0.25) is 0 Å². The van der Waals surface area contributed by atoms with Crippen LogP contribution in [0.4, 0.5) is 0 Å². The maximum absolute atomic E-state index is 13.1. The van der Waals surface area contributed by atoms with Crippen molar-refractivity contribution in [3.8, 4) is 0 Å². The minimum atomic E-state index is -0.158. The molecule has 2 unspecified atom stereocenters. The molecule has 28 heavy (non-hydrogen) atoms. The molecule has 3 aliphatic heterocycles. The van der Waals surface area contributed by atoms with Crippen LogP contribution in [-0.4, -0.2) is 51.9 Å². The molecule has 4 heterocycles. The van der Waals surface area contributed by atoms with E-state index < -0.39 is 0 Å². The number of piperidine rings is 1. The number of hydrogen-bond donors (Lipinski definition) is 0. The summed E-state index contributed by atoms with van der Waals surface area (Å²) in [6.45, 7) is 4.33. The fourth-order valence-electron chi connectivity index (χ4n) is 4.33. The summed E-state index contributed by atoms with van der Waals surface area (Å²) in [5, 5.41) is 0. The van der Waals surface area contributed by atoms with Gasteiger partial charge in [-0.15, -0.1) is 0 Å². The molecule has 2 atom stereocenters. The lowest BCUT2D eigenvalue weighted by Crippen LogP contribution is -2.48. The number of amides is 2. The molecule has 0 saturated carbocycles. The van der Waals surface area contributed by atoms with Crippen LogP contribution in [0.1, 0.15) is 40.5 Å². The smallest absolute Gasteiger partial charge is 0.254 e. The Morgan fingerprint density at radius 2 is 1.75 bits per heavy atom. The van der Waals surface area contributed by atoms with E-state index in [2.05, 4.69) is 0 Å². The van der Waals surface area contributed by atoms with E-state index in [1.807, 2.05) is 47.1 Å². The minimum absolute atomic E-state index is 0.00693. The Bertz CT molecular complexity index is 938. The van der Waals surface area contributed by atoms with E-state index in [4.69, 9.17) is 0 Å². The Labute approximate surface area is 164 Å². The van der Waals surface area contributed by atoms with Gasteiger partial charge >= 0.3 is 0 Å². The number of hydrogen-bond acceptors (Lipinski definition) is 3. The quantitative estimate of drug-likeness (QED) is 0.822. The van der Waals surface area contributed by atoms with Gasteiger partial charge in [-0.1, -0.05) is 18.2 Å². The van der Waals surface area contributed by atoms with Crippen LogP contribution in [0, 0.1) is 5.92 Å². The summed E-state index contributed by atoms with van der Waals surface area (Å²) in [7, 11) is 0. The molecule has 5 rings (SSSR count). The largest absolute Gasteiger partial charge is 0.336 e. The van der Waals surface area contributed by atoms with Crippen molar-refractivity contribution < 1.29 is 9.59 Å². The molecule has 3 aliphatic rings. The molecular weight excluding hydrogens is 354 g/mol. The monoisotopic (exact) mass is 379 g/mol. The summed E-state index contributed by atoms with van der Waals surface area (Å²) in [6, 6.07) is 12.4. The number of nitrogens with zero attached hydrogens (tertiary/aromatic N) is 3. The predicted molar refractivity (Wildman–Crippen MR) is 106 cm³/mol. The lowest BCUT2D eigenvalue weighted by molar-refractivity contribution is 0.0574. The van der Waals surface area contributed by atoms with Gasteiger partial charge in [-0.05, 0) is 43.9 Å². The Balaban J connectivity index is 1.55. The Morgan fingerprint density at radius 3 is 2.46 bits per heavy atom. The molecule has 0 aliphatic carbocycles. The predicted octanol–water partition coefficient (Wildman–Crippen LogP) is 2.25. The average Bonchev–Trinajstić information content (AvgIpc) is 3.05. The van der Waals surface area contributed by atoms with Crippen LogP contribution in [0.15, 0.2) is 53.5 Å². The van der Waals surface area contributed by atoms with Gasteiger partial charge in [0.05, 0.1) is 0 Å². The second-order valence-corrected chi connectivity index (χ2v) is 7.67. The highest BCUT2D eigenvalue weighted by Gasteiger charge is 2.39. The van der Waals surface area contributed by atoms with Crippen LogP contribution >= 0.6 is 0 Å². The summed E-state index contributed by atoms with van der Waals surface area (Å²) in [4.78, 5) is 41.9. The van der Waals surface area contributed by atoms with Gasteiger partial charge < -0.3 is 14.4 Å². The van der Waals surface area contributed by atoms with E-state index in [-0.39, 0.29) is 29.3 Å². The lowest BCUT2D eigenvalue weighted by Gasteiger charge is -2.36. The van der Waals surface area contributed by atoms with Gasteiger partial charge in [-0.2, -0.15) is 0 Å². The molecule has 2 bridgehead atoms. The van der Waals surface area contributed by atoms with Crippen LogP contribution in [0.5, 0.6) is 0 Å². The van der Waals surface area contributed by atoms with E-state index in [0.717, 1.165) is 12.8 Å². The molecule has 2 amide bonds. The van der Waals surface area contributed by atoms with Crippen molar-refractivity contribution in [3.63, 3.8) is 0 Å². The molecule has 0 spiro atoms. The summed E-state index contributed by atoms with van der Waals surface area (Å²) in [5.41, 5.74) is 0.960. The zero-order valence-corrected chi connectivity index (χ0v) is 16.1. The molecule has 146 valence electrons. The molecule has 6 heteroatoms. The summed E-state index contributed by atoms with van der Waals surface area (Å²) in [5.74, 6) is 0.188. The topological polar surface area (TPSA) is 62.6 Å². The van der Waals surface area contributed by atoms with Gasteiger partial charge in [0, 0.05) is 55.6 Å². The van der Waals surface area contributed by atoms with Gasteiger partial charge in [0.25, 0.3) is 17.4 Å². The third-order valence-corrected chi connectivity index (χ3v) is 5.87. The minimum Gasteiger partial charge on any atom is -0.336 e. The maximum atomic E-state index is 13.1. The SMILES string of the molecule is CCn1ccc(C(=O)N2CC3CCC2CN(C(=O)c2ccccc2)C3)cc1=O. The number of rotatable bonds is 3. The van der Waals surface area contributed by atoms with Crippen molar-refractivity contribution in [2.24, 2.45) is 5.92 Å². The third kappa shape index (κ3) is 3.46. The van der Waals surface area contributed by atoms with Crippen LogP contribution in [0.25, 0.3) is 0 Å². The van der Waals surface area contributed by atoms with E-state index >= 15 is 0 Å². The second-order valence-electron chi connectivity index (χ2n) is 7.67. The summed E-state index contributed by atoms with van der Waals surface area (Å²) in [6.07, 6.45) is 3.59. The second kappa shape index (κ2) is 7.62. The highest BCUT2D eigenvalue weighted by molar-refractivity contribution is 5.95. The maximum Gasteiger partial charge on any atom is 0.254 e. The van der Waals surface area contributed by atoms with Crippen molar-refractivity contribution in [3.05, 3.63) is 70.1 Å². The molecule has 0 radical (unpaired) electrons. The third-order valence-electron chi connectivity index (χ3n) is 5.87. The molecular formula is C22H25N3O3. The molecule has 3 saturated heterocycles. The number of aryl methyl sites for hydroxylation is 1. The van der Waals surface area contributed by atoms with E-state index in [9.17, 15) is 14.4 Å². The number of aromatic nitrogens is 1. The van der Waals surface area contributed by atoms with E-state index in [1.54, 1.807) is 16.8 Å². The first-order valence-electron chi connectivity index (χ1n) is 9.92. The van der Waals surface area contributed by atoms with Gasteiger partial charge in [0.2, 0.25) is 0 Å². The van der Waals surface area contributed by atoms with Crippen LogP contribution in [-0.2, 0) is 6.54 Å². The van der Waals surface area contributed by atoms with Crippen molar-refractivity contribution in [2.45, 2.75) is 32.4 Å². The zero-order chi connectivity index (χ0) is 19.7. The van der Waals surface area contributed by atoms with Gasteiger partial charge in [-0.3, -0.25) is 14.4 Å². The average molecular weight is 379 g/mol. The van der Waals surface area contributed by atoms with Gasteiger partial charge in [0.1, 0.15) is 0 Å². The van der Waals surface area contributed by atoms with E-state index in [0.29, 0.717) is 37.3 Å². The first kappa shape index (κ1) is 18.5. The highest BCUT2D eigenvalue weighted by Crippen LogP contribution is 2.29. The standard InChI is InChI=1S/C22H25N3O3/c1-2-23-11-10-18(12-20(23)26)22(28)25-14-16-8-9-19(25)15-24(13-16)21(27)17-6-4-3-5-7-17/h3-7,10-12,16,19H,2,8-9,13-15H2,1H3. The first-order chi connectivity index (χ1) is 13.6. The van der Waals surface area contributed by atoms with Crippen molar-refractivity contribution in [2.75, 3.05) is 19.6 Å². The molecule has 1 aromatic heterocycles.